The topological polar surface area (TPSA) is 72.5 Å². The minimum absolute atomic E-state index is 0.00169. The van der Waals surface area contributed by atoms with E-state index in [1.807, 2.05) is 0 Å². The van der Waals surface area contributed by atoms with Crippen LogP contribution < -0.4 is 4.74 Å². The Morgan fingerprint density at radius 2 is 1.09 bits per heavy atom. The summed E-state index contributed by atoms with van der Waals surface area (Å²) in [5.74, 6) is 1.50. The van der Waals surface area contributed by atoms with Crippen LogP contribution in [0.25, 0.3) is 0 Å². The molecule has 2 saturated heterocycles. The summed E-state index contributed by atoms with van der Waals surface area (Å²) >= 11 is 0. The monoisotopic (exact) mass is 658 g/mol. The number of hydrogen-bond acceptors (Lipinski definition) is 7. The fourth-order valence-electron chi connectivity index (χ4n) is 7.07. The van der Waals surface area contributed by atoms with Crippen molar-refractivity contribution in [3.63, 3.8) is 0 Å². The van der Waals surface area contributed by atoms with Crippen molar-refractivity contribution in [1.29, 1.82) is 0 Å². The fourth-order valence-corrected chi connectivity index (χ4v) is 7.07. The number of benzene rings is 1. The molecular weight excluding hydrogens is 592 g/mol. The second kappa shape index (κ2) is 24.5. The minimum atomic E-state index is -0.00169. The number of ether oxygens (including phenoxy) is 6. The first-order valence-electron chi connectivity index (χ1n) is 19.6. The lowest BCUT2D eigenvalue weighted by Gasteiger charge is -2.28. The van der Waals surface area contributed by atoms with Crippen molar-refractivity contribution in [2.45, 2.75) is 179 Å². The van der Waals surface area contributed by atoms with Crippen molar-refractivity contribution < 1.29 is 33.2 Å². The highest BCUT2D eigenvalue weighted by Gasteiger charge is 2.25. The van der Waals surface area contributed by atoms with E-state index in [0.717, 1.165) is 116 Å². The van der Waals surface area contributed by atoms with E-state index in [9.17, 15) is 4.79 Å². The van der Waals surface area contributed by atoms with Crippen LogP contribution in [0, 0.1) is 0 Å². The van der Waals surface area contributed by atoms with Gasteiger partial charge in [0.05, 0.1) is 6.61 Å². The molecule has 3 aliphatic rings. The maximum absolute atomic E-state index is 12.4. The third-order valence-electron chi connectivity index (χ3n) is 10.0. The standard InChI is InChI=1S/C40H66O7/c41-38(18-10-6-4-2-1-3-5-7-14-30-43-39-19-11-16-32-45-39)47-37-27-23-35(24-28-37)34-21-25-36(26-22-34)42-29-13-8-9-15-31-44-40-20-12-17-33-46-40/h21-22,25-26,35,37,39-40H,1-20,23-24,27-33H2. The molecule has 4 rings (SSSR count). The summed E-state index contributed by atoms with van der Waals surface area (Å²) < 4.78 is 34.7. The maximum Gasteiger partial charge on any atom is 0.306 e. The molecule has 268 valence electrons. The SMILES string of the molecule is O=C(CCCCCCCCCCCOC1CCCCO1)OC1CCC(c2ccc(OCCCCCCOC3CCCCO3)cc2)CC1. The molecule has 0 N–H and O–H groups in total. The summed E-state index contributed by atoms with van der Waals surface area (Å²) in [4.78, 5) is 12.4. The molecule has 1 aromatic rings. The third kappa shape index (κ3) is 17.0. The molecular formula is C40H66O7. The van der Waals surface area contributed by atoms with Crippen LogP contribution in [-0.2, 0) is 28.5 Å². The fraction of sp³-hybridized carbons (Fsp3) is 0.825. The van der Waals surface area contributed by atoms with Gasteiger partial charge in [-0.1, -0.05) is 63.5 Å². The number of rotatable bonds is 24. The zero-order chi connectivity index (χ0) is 32.6. The third-order valence-corrected chi connectivity index (χ3v) is 10.0. The summed E-state index contributed by atoms with van der Waals surface area (Å²) in [5.41, 5.74) is 1.38. The van der Waals surface area contributed by atoms with Crippen LogP contribution in [-0.4, -0.2) is 57.7 Å². The van der Waals surface area contributed by atoms with E-state index in [-0.39, 0.29) is 24.7 Å². The van der Waals surface area contributed by atoms with Gasteiger partial charge >= 0.3 is 5.97 Å². The van der Waals surface area contributed by atoms with Crippen LogP contribution in [0.4, 0.5) is 0 Å². The first-order valence-corrected chi connectivity index (χ1v) is 19.6. The van der Waals surface area contributed by atoms with Gasteiger partial charge in [0.2, 0.25) is 0 Å². The van der Waals surface area contributed by atoms with Gasteiger partial charge in [-0.25, -0.2) is 0 Å². The van der Waals surface area contributed by atoms with E-state index in [1.54, 1.807) is 0 Å². The van der Waals surface area contributed by atoms with Gasteiger partial charge in [0.15, 0.2) is 12.6 Å². The Morgan fingerprint density at radius 1 is 0.574 bits per heavy atom. The van der Waals surface area contributed by atoms with Crippen molar-refractivity contribution in [2.75, 3.05) is 33.0 Å². The van der Waals surface area contributed by atoms with Gasteiger partial charge < -0.3 is 28.4 Å². The van der Waals surface area contributed by atoms with E-state index >= 15 is 0 Å². The van der Waals surface area contributed by atoms with Crippen LogP contribution in [0.5, 0.6) is 5.75 Å². The lowest BCUT2D eigenvalue weighted by Crippen LogP contribution is -2.23. The molecule has 3 fully saturated rings. The smallest absolute Gasteiger partial charge is 0.306 e. The molecule has 2 aliphatic heterocycles. The van der Waals surface area contributed by atoms with E-state index in [2.05, 4.69) is 24.3 Å². The number of hydrogen-bond donors (Lipinski definition) is 0. The first kappa shape index (κ1) is 38.1. The molecule has 0 spiro atoms. The quantitative estimate of drug-likeness (QED) is 0.0808. The average Bonchev–Trinajstić information content (AvgIpc) is 3.11. The van der Waals surface area contributed by atoms with Gasteiger partial charge in [-0.2, -0.15) is 0 Å². The highest BCUT2D eigenvalue weighted by atomic mass is 16.7. The summed E-state index contributed by atoms with van der Waals surface area (Å²) in [6.45, 7) is 4.10. The summed E-state index contributed by atoms with van der Waals surface area (Å²) in [6, 6.07) is 8.68. The van der Waals surface area contributed by atoms with Gasteiger partial charge in [-0.05, 0) is 120 Å². The first-order chi connectivity index (χ1) is 23.3. The van der Waals surface area contributed by atoms with E-state index in [0.29, 0.717) is 12.3 Å². The second-order valence-corrected chi connectivity index (χ2v) is 14.1. The zero-order valence-electron chi connectivity index (χ0n) is 29.5. The number of esters is 1. The molecule has 1 aliphatic carbocycles. The number of carbonyl (C=O) groups excluding carboxylic acids is 1. The Hall–Kier alpha value is -1.67. The predicted octanol–water partition coefficient (Wildman–Crippen LogP) is 10.2. The molecule has 7 nitrogen and oxygen atoms in total. The highest BCUT2D eigenvalue weighted by Crippen LogP contribution is 2.35. The van der Waals surface area contributed by atoms with Crippen LogP contribution in [0.2, 0.25) is 0 Å². The van der Waals surface area contributed by atoms with Crippen molar-refractivity contribution in [3.05, 3.63) is 29.8 Å². The lowest BCUT2D eigenvalue weighted by molar-refractivity contribution is -0.163. The normalized spacial score (nSPS) is 23.4. The van der Waals surface area contributed by atoms with Crippen LogP contribution in [0.1, 0.15) is 166 Å². The summed E-state index contributed by atoms with van der Waals surface area (Å²) in [7, 11) is 0. The van der Waals surface area contributed by atoms with Crippen LogP contribution >= 0.6 is 0 Å². The number of carbonyl (C=O) groups is 1. The van der Waals surface area contributed by atoms with Crippen molar-refractivity contribution in [3.8, 4) is 5.75 Å². The molecule has 1 saturated carbocycles. The Morgan fingerprint density at radius 3 is 1.62 bits per heavy atom. The molecule has 0 bridgehead atoms. The zero-order valence-corrected chi connectivity index (χ0v) is 29.5. The largest absolute Gasteiger partial charge is 0.494 e. The van der Waals surface area contributed by atoms with Gasteiger partial charge in [0.25, 0.3) is 0 Å². The molecule has 2 atom stereocenters. The van der Waals surface area contributed by atoms with Crippen LogP contribution in [0.15, 0.2) is 24.3 Å². The Balaban J connectivity index is 0.913. The van der Waals surface area contributed by atoms with Gasteiger partial charge in [0.1, 0.15) is 11.9 Å². The van der Waals surface area contributed by atoms with Gasteiger partial charge in [-0.3, -0.25) is 4.79 Å². The number of unbranched alkanes of at least 4 members (excludes halogenated alkanes) is 11. The highest BCUT2D eigenvalue weighted by molar-refractivity contribution is 5.69. The molecule has 47 heavy (non-hydrogen) atoms. The molecule has 2 heterocycles. The van der Waals surface area contributed by atoms with Crippen molar-refractivity contribution in [2.24, 2.45) is 0 Å². The molecule has 0 amide bonds. The molecule has 2 unspecified atom stereocenters. The van der Waals surface area contributed by atoms with E-state index < -0.39 is 0 Å². The average molecular weight is 659 g/mol. The van der Waals surface area contributed by atoms with Gasteiger partial charge in [0, 0.05) is 32.8 Å². The van der Waals surface area contributed by atoms with E-state index in [4.69, 9.17) is 28.4 Å². The minimum Gasteiger partial charge on any atom is -0.494 e. The Labute approximate surface area is 286 Å². The maximum atomic E-state index is 12.4. The predicted molar refractivity (Wildman–Crippen MR) is 187 cm³/mol. The van der Waals surface area contributed by atoms with E-state index in [1.165, 1.54) is 76.2 Å². The van der Waals surface area contributed by atoms with Crippen LogP contribution in [0.3, 0.4) is 0 Å². The Bertz CT molecular complexity index is 902. The van der Waals surface area contributed by atoms with Crippen molar-refractivity contribution >= 4 is 5.97 Å². The molecule has 0 radical (unpaired) electrons. The molecule has 1 aromatic carbocycles. The summed E-state index contributed by atoms with van der Waals surface area (Å²) in [6.07, 6.45) is 27.1. The van der Waals surface area contributed by atoms with Gasteiger partial charge in [-0.15, -0.1) is 0 Å². The molecule has 7 heteroatoms. The second-order valence-electron chi connectivity index (χ2n) is 14.1. The lowest BCUT2D eigenvalue weighted by atomic mass is 9.83. The Kier molecular flexibility index (Phi) is 19.8. The summed E-state index contributed by atoms with van der Waals surface area (Å²) in [5, 5.41) is 0. The van der Waals surface area contributed by atoms with Crippen molar-refractivity contribution in [1.82, 2.24) is 0 Å². The molecule has 0 aromatic heterocycles.